The Morgan fingerprint density at radius 2 is 2.20 bits per heavy atom. The highest BCUT2D eigenvalue weighted by atomic mass is 16.5. The minimum atomic E-state index is 0.620. The van der Waals surface area contributed by atoms with Crippen LogP contribution in [0.25, 0.3) is 0 Å². The topological polar surface area (TPSA) is 33.3 Å². The van der Waals surface area contributed by atoms with E-state index in [0.717, 1.165) is 25.7 Å². The third-order valence-electron chi connectivity index (χ3n) is 2.33. The van der Waals surface area contributed by atoms with Crippen molar-refractivity contribution >= 4 is 0 Å². The van der Waals surface area contributed by atoms with Crippen molar-refractivity contribution in [3.05, 3.63) is 0 Å². The van der Waals surface area contributed by atoms with Gasteiger partial charge in [-0.25, -0.2) is 0 Å². The summed E-state index contributed by atoms with van der Waals surface area (Å²) < 4.78 is 5.35. The average Bonchev–Trinajstić information content (AvgIpc) is 1.86. The Bertz CT molecular complexity index is 108. The van der Waals surface area contributed by atoms with Gasteiger partial charge in [0.25, 0.3) is 0 Å². The van der Waals surface area contributed by atoms with Gasteiger partial charge in [0, 0.05) is 31.6 Å². The van der Waals surface area contributed by atoms with Crippen molar-refractivity contribution in [3.63, 3.8) is 0 Å². The van der Waals surface area contributed by atoms with Crippen molar-refractivity contribution < 1.29 is 4.74 Å². The zero-order valence-electron chi connectivity index (χ0n) is 6.10. The number of hydrogen-bond donors (Lipinski definition) is 2. The molecule has 0 aromatic carbocycles. The molecule has 2 fully saturated rings. The van der Waals surface area contributed by atoms with Gasteiger partial charge in [0.1, 0.15) is 0 Å². The van der Waals surface area contributed by atoms with Crippen LogP contribution in [0, 0.1) is 5.92 Å². The van der Waals surface area contributed by atoms with Crippen molar-refractivity contribution in [2.45, 2.75) is 6.04 Å². The highest BCUT2D eigenvalue weighted by molar-refractivity contribution is 4.87. The molecule has 0 bridgehead atoms. The summed E-state index contributed by atoms with van der Waals surface area (Å²) in [7, 11) is 0. The van der Waals surface area contributed by atoms with Crippen LogP contribution in [0.1, 0.15) is 0 Å². The van der Waals surface area contributed by atoms with Gasteiger partial charge in [-0.2, -0.15) is 0 Å². The first-order valence-electron chi connectivity index (χ1n) is 3.98. The smallest absolute Gasteiger partial charge is 0.0623 e. The molecule has 58 valence electrons. The van der Waals surface area contributed by atoms with Crippen LogP contribution < -0.4 is 10.6 Å². The molecule has 0 saturated carbocycles. The lowest BCUT2D eigenvalue weighted by Gasteiger charge is -2.37. The maximum Gasteiger partial charge on any atom is 0.0623 e. The first-order valence-corrected chi connectivity index (χ1v) is 3.98. The van der Waals surface area contributed by atoms with Crippen molar-refractivity contribution in [1.29, 1.82) is 0 Å². The monoisotopic (exact) mass is 142 g/mol. The van der Waals surface area contributed by atoms with Crippen molar-refractivity contribution in [2.24, 2.45) is 5.92 Å². The number of rotatable bonds is 1. The van der Waals surface area contributed by atoms with Crippen LogP contribution >= 0.6 is 0 Å². The predicted octanol–water partition coefficient (Wildman–Crippen LogP) is -0.806. The highest BCUT2D eigenvalue weighted by Crippen LogP contribution is 2.11. The molecular formula is C7H14N2O. The Labute approximate surface area is 61.1 Å². The van der Waals surface area contributed by atoms with E-state index >= 15 is 0 Å². The highest BCUT2D eigenvalue weighted by Gasteiger charge is 2.27. The summed E-state index contributed by atoms with van der Waals surface area (Å²) in [6.07, 6.45) is 0. The van der Waals surface area contributed by atoms with Crippen LogP contribution in [0.3, 0.4) is 0 Å². The Balaban J connectivity index is 1.78. The molecule has 0 aromatic heterocycles. The standard InChI is InChI=1S/C7H14N2O/c1-2-10-5-7(9-1)6-3-8-4-6/h6-9H,1-5H2. The van der Waals surface area contributed by atoms with Gasteiger partial charge in [-0.15, -0.1) is 0 Å². The van der Waals surface area contributed by atoms with Gasteiger partial charge in [-0.3, -0.25) is 0 Å². The normalized spacial score (nSPS) is 35.4. The van der Waals surface area contributed by atoms with E-state index in [2.05, 4.69) is 10.6 Å². The molecule has 2 aliphatic rings. The Kier molecular flexibility index (Phi) is 1.88. The van der Waals surface area contributed by atoms with Crippen LogP contribution in [0.15, 0.2) is 0 Å². The lowest BCUT2D eigenvalue weighted by atomic mass is 9.94. The second-order valence-electron chi connectivity index (χ2n) is 3.05. The van der Waals surface area contributed by atoms with Gasteiger partial charge in [0.15, 0.2) is 0 Å². The number of ether oxygens (including phenoxy) is 1. The Morgan fingerprint density at radius 3 is 2.70 bits per heavy atom. The lowest BCUT2D eigenvalue weighted by Crippen LogP contribution is -2.57. The molecule has 0 aliphatic carbocycles. The van der Waals surface area contributed by atoms with E-state index in [9.17, 15) is 0 Å². The molecular weight excluding hydrogens is 128 g/mol. The van der Waals surface area contributed by atoms with Crippen molar-refractivity contribution in [1.82, 2.24) is 10.6 Å². The molecule has 2 aliphatic heterocycles. The first-order chi connectivity index (χ1) is 4.97. The first kappa shape index (κ1) is 6.58. The third-order valence-corrected chi connectivity index (χ3v) is 2.33. The van der Waals surface area contributed by atoms with Crippen LogP contribution in [0.5, 0.6) is 0 Å². The van der Waals surface area contributed by atoms with Gasteiger partial charge in [-0.1, -0.05) is 0 Å². The van der Waals surface area contributed by atoms with Gasteiger partial charge in [0.05, 0.1) is 13.2 Å². The van der Waals surface area contributed by atoms with E-state index in [-0.39, 0.29) is 0 Å². The molecule has 0 aromatic rings. The SMILES string of the molecule is C1COCC(C2CNC2)N1. The molecule has 0 amide bonds. The summed E-state index contributed by atoms with van der Waals surface area (Å²) in [5, 5.41) is 6.72. The van der Waals surface area contributed by atoms with Crippen molar-refractivity contribution in [3.8, 4) is 0 Å². The van der Waals surface area contributed by atoms with E-state index in [1.54, 1.807) is 0 Å². The molecule has 3 heteroatoms. The Hall–Kier alpha value is -0.120. The molecule has 2 heterocycles. The van der Waals surface area contributed by atoms with E-state index in [0.29, 0.717) is 6.04 Å². The van der Waals surface area contributed by atoms with Gasteiger partial charge >= 0.3 is 0 Å². The zero-order chi connectivity index (χ0) is 6.81. The van der Waals surface area contributed by atoms with Crippen LogP contribution in [0.4, 0.5) is 0 Å². The largest absolute Gasteiger partial charge is 0.379 e. The molecule has 2 rings (SSSR count). The quantitative estimate of drug-likeness (QED) is 0.502. The maximum atomic E-state index is 5.35. The fourth-order valence-corrected chi connectivity index (χ4v) is 1.48. The fourth-order valence-electron chi connectivity index (χ4n) is 1.48. The van der Waals surface area contributed by atoms with Gasteiger partial charge in [0.2, 0.25) is 0 Å². The predicted molar refractivity (Wildman–Crippen MR) is 39.0 cm³/mol. The molecule has 10 heavy (non-hydrogen) atoms. The second-order valence-corrected chi connectivity index (χ2v) is 3.05. The summed E-state index contributed by atoms with van der Waals surface area (Å²) in [4.78, 5) is 0. The molecule has 1 atom stereocenters. The van der Waals surface area contributed by atoms with E-state index < -0.39 is 0 Å². The van der Waals surface area contributed by atoms with Gasteiger partial charge in [-0.05, 0) is 0 Å². The summed E-state index contributed by atoms with van der Waals surface area (Å²) >= 11 is 0. The molecule has 3 nitrogen and oxygen atoms in total. The van der Waals surface area contributed by atoms with E-state index in [4.69, 9.17) is 4.74 Å². The molecule has 2 N–H and O–H groups in total. The number of nitrogens with one attached hydrogen (secondary N) is 2. The summed E-state index contributed by atoms with van der Waals surface area (Å²) in [5.41, 5.74) is 0. The summed E-state index contributed by atoms with van der Waals surface area (Å²) in [6, 6.07) is 0.620. The molecule has 1 unspecified atom stereocenters. The minimum Gasteiger partial charge on any atom is -0.379 e. The molecule has 2 saturated heterocycles. The Morgan fingerprint density at radius 1 is 1.30 bits per heavy atom. The summed E-state index contributed by atoms with van der Waals surface area (Å²) in [6.45, 7) is 5.16. The van der Waals surface area contributed by atoms with Gasteiger partial charge < -0.3 is 15.4 Å². The third kappa shape index (κ3) is 1.17. The van der Waals surface area contributed by atoms with Crippen LogP contribution in [-0.2, 0) is 4.74 Å². The fraction of sp³-hybridized carbons (Fsp3) is 1.00. The summed E-state index contributed by atoms with van der Waals surface area (Å²) in [5.74, 6) is 0.820. The zero-order valence-corrected chi connectivity index (χ0v) is 6.10. The van der Waals surface area contributed by atoms with E-state index in [1.807, 2.05) is 0 Å². The van der Waals surface area contributed by atoms with Crippen LogP contribution in [0.2, 0.25) is 0 Å². The molecule has 0 spiro atoms. The molecule has 0 radical (unpaired) electrons. The average molecular weight is 142 g/mol. The van der Waals surface area contributed by atoms with Crippen LogP contribution in [-0.4, -0.2) is 38.9 Å². The number of hydrogen-bond acceptors (Lipinski definition) is 3. The number of morpholine rings is 1. The minimum absolute atomic E-state index is 0.620. The maximum absolute atomic E-state index is 5.35. The second kappa shape index (κ2) is 2.86. The van der Waals surface area contributed by atoms with E-state index in [1.165, 1.54) is 13.1 Å². The lowest BCUT2D eigenvalue weighted by molar-refractivity contribution is 0.0458. The van der Waals surface area contributed by atoms with Crippen molar-refractivity contribution in [2.75, 3.05) is 32.8 Å².